The van der Waals surface area contributed by atoms with Gasteiger partial charge in [0.2, 0.25) is 11.8 Å². The number of piperidine rings is 1. The highest BCUT2D eigenvalue weighted by Gasteiger charge is 2.52. The van der Waals surface area contributed by atoms with Crippen molar-refractivity contribution < 1.29 is 19.5 Å². The van der Waals surface area contributed by atoms with Gasteiger partial charge in [-0.05, 0) is 49.8 Å². The summed E-state index contributed by atoms with van der Waals surface area (Å²) in [4.78, 5) is 38.0. The van der Waals surface area contributed by atoms with Crippen LogP contribution >= 0.6 is 0 Å². The van der Waals surface area contributed by atoms with E-state index >= 15 is 0 Å². The molecule has 3 saturated heterocycles. The molecular formula is C18H24N4O4. The maximum Gasteiger partial charge on any atom is 0.352 e. The molecule has 0 aliphatic carbocycles. The van der Waals surface area contributed by atoms with Crippen molar-refractivity contribution in [2.24, 2.45) is 5.73 Å². The fourth-order valence-electron chi connectivity index (χ4n) is 4.68. The average molecular weight is 360 g/mol. The van der Waals surface area contributed by atoms with Gasteiger partial charge in [0.1, 0.15) is 11.7 Å². The summed E-state index contributed by atoms with van der Waals surface area (Å²) in [5.41, 5.74) is 7.95. The molecule has 3 atom stereocenters. The van der Waals surface area contributed by atoms with Crippen LogP contribution in [0.4, 0.5) is 0 Å². The third-order valence-electron chi connectivity index (χ3n) is 5.93. The van der Waals surface area contributed by atoms with Crippen LogP contribution in [0.25, 0.3) is 0 Å². The molecule has 0 radical (unpaired) electrons. The van der Waals surface area contributed by atoms with E-state index in [1.54, 1.807) is 0 Å². The first-order chi connectivity index (χ1) is 12.5. The Morgan fingerprint density at radius 1 is 1.15 bits per heavy atom. The van der Waals surface area contributed by atoms with Crippen molar-refractivity contribution in [2.75, 3.05) is 13.1 Å². The van der Waals surface area contributed by atoms with E-state index < -0.39 is 12.0 Å². The predicted octanol–water partition coefficient (Wildman–Crippen LogP) is -0.384. The lowest BCUT2D eigenvalue weighted by atomic mass is 9.78. The third-order valence-corrected chi connectivity index (χ3v) is 5.93. The number of carboxylic acid groups (broad SMARTS) is 1. The molecule has 8 heteroatoms. The molecule has 8 nitrogen and oxygen atoms in total. The number of nitrogens with one attached hydrogen (secondary N) is 2. The summed E-state index contributed by atoms with van der Waals surface area (Å²) in [6.07, 6.45) is 4.69. The van der Waals surface area contributed by atoms with E-state index in [4.69, 9.17) is 5.73 Å². The summed E-state index contributed by atoms with van der Waals surface area (Å²) in [7, 11) is 0. The lowest BCUT2D eigenvalue weighted by Gasteiger charge is -2.49. The van der Waals surface area contributed by atoms with Crippen LogP contribution in [0.1, 0.15) is 38.5 Å². The number of carbonyl (C=O) groups is 3. The molecule has 0 spiro atoms. The largest absolute Gasteiger partial charge is 0.477 e. The second kappa shape index (κ2) is 6.51. The zero-order valence-electron chi connectivity index (χ0n) is 14.6. The molecule has 0 aromatic carbocycles. The van der Waals surface area contributed by atoms with Crippen molar-refractivity contribution in [2.45, 2.75) is 56.7 Å². The highest BCUT2D eigenvalue weighted by atomic mass is 16.4. The van der Waals surface area contributed by atoms with Gasteiger partial charge in [-0.15, -0.1) is 0 Å². The number of nitrogens with zero attached hydrogens (tertiary/aromatic N) is 1. The van der Waals surface area contributed by atoms with Crippen LogP contribution in [0.5, 0.6) is 0 Å². The molecule has 4 heterocycles. The molecule has 1 unspecified atom stereocenters. The van der Waals surface area contributed by atoms with Crippen LogP contribution in [0.3, 0.4) is 0 Å². The molecule has 0 saturated carbocycles. The Balaban J connectivity index is 1.85. The number of amides is 2. The van der Waals surface area contributed by atoms with E-state index in [1.165, 1.54) is 4.90 Å². The molecule has 26 heavy (non-hydrogen) atoms. The van der Waals surface area contributed by atoms with E-state index in [9.17, 15) is 19.5 Å². The van der Waals surface area contributed by atoms with Gasteiger partial charge in [-0.1, -0.05) is 6.42 Å². The molecule has 0 bridgehead atoms. The molecule has 0 aromatic rings. The monoisotopic (exact) mass is 360 g/mol. The minimum Gasteiger partial charge on any atom is -0.477 e. The molecule has 4 rings (SSSR count). The Bertz CT molecular complexity index is 735. The third kappa shape index (κ3) is 2.55. The van der Waals surface area contributed by atoms with Crippen LogP contribution in [0, 0.1) is 0 Å². The second-order valence-electron chi connectivity index (χ2n) is 7.37. The standard InChI is InChI=1S/C18H24N4O4/c19-14-12-5-4-9(15(18(25)26)22(12)17(14)24)13(10-6-8-21-16(10)23)11-3-1-2-7-20-11/h11-12,14,20H,1-8,19H2,(H,21,23)(H,25,26)/t11?,12-,14+/m1/s1. The van der Waals surface area contributed by atoms with Crippen molar-refractivity contribution in [1.29, 1.82) is 0 Å². The number of hydrogen-bond acceptors (Lipinski definition) is 5. The smallest absolute Gasteiger partial charge is 0.352 e. The van der Waals surface area contributed by atoms with Crippen molar-refractivity contribution in [3.63, 3.8) is 0 Å². The van der Waals surface area contributed by atoms with Crippen LogP contribution in [0.2, 0.25) is 0 Å². The molecule has 2 amide bonds. The van der Waals surface area contributed by atoms with Crippen molar-refractivity contribution >= 4 is 17.8 Å². The minimum absolute atomic E-state index is 0.0162. The van der Waals surface area contributed by atoms with E-state index in [0.717, 1.165) is 31.4 Å². The number of carboxylic acids is 1. The Hall–Kier alpha value is -2.19. The molecule has 0 aromatic heterocycles. The molecule has 140 valence electrons. The van der Waals surface area contributed by atoms with Crippen molar-refractivity contribution in [3.05, 3.63) is 22.4 Å². The molecular weight excluding hydrogens is 336 g/mol. The average Bonchev–Trinajstić information content (AvgIpc) is 3.07. The van der Waals surface area contributed by atoms with Gasteiger partial charge < -0.3 is 21.5 Å². The van der Waals surface area contributed by atoms with Crippen molar-refractivity contribution in [3.8, 4) is 0 Å². The van der Waals surface area contributed by atoms with Gasteiger partial charge in [0.15, 0.2) is 0 Å². The van der Waals surface area contributed by atoms with Crippen LogP contribution < -0.4 is 16.4 Å². The Kier molecular flexibility index (Phi) is 4.32. The number of fused-ring (bicyclic) bond motifs is 1. The number of hydrogen-bond donors (Lipinski definition) is 4. The minimum atomic E-state index is -1.13. The van der Waals surface area contributed by atoms with Gasteiger partial charge in [-0.3, -0.25) is 14.5 Å². The van der Waals surface area contributed by atoms with Crippen LogP contribution in [-0.2, 0) is 14.4 Å². The van der Waals surface area contributed by atoms with E-state index in [0.29, 0.717) is 37.0 Å². The molecule has 4 aliphatic heterocycles. The number of carbonyl (C=O) groups excluding carboxylic acids is 2. The SMILES string of the molecule is N[C@@H]1C(=O)N2C(C(=O)O)=C(C(=C3CCNC3=O)C3CCCCN3)CC[C@H]12. The zero-order chi connectivity index (χ0) is 18.4. The summed E-state index contributed by atoms with van der Waals surface area (Å²) in [5, 5.41) is 16.1. The van der Waals surface area contributed by atoms with Gasteiger partial charge >= 0.3 is 5.97 Å². The van der Waals surface area contributed by atoms with Crippen LogP contribution in [0.15, 0.2) is 22.4 Å². The Labute approximate surface area is 151 Å². The van der Waals surface area contributed by atoms with Gasteiger partial charge in [0.25, 0.3) is 0 Å². The summed E-state index contributed by atoms with van der Waals surface area (Å²) in [6.45, 7) is 1.41. The predicted molar refractivity (Wildman–Crippen MR) is 92.8 cm³/mol. The fraction of sp³-hybridized carbons (Fsp3) is 0.611. The maximum atomic E-state index is 12.4. The van der Waals surface area contributed by atoms with E-state index in [1.807, 2.05) is 0 Å². The van der Waals surface area contributed by atoms with Gasteiger partial charge in [-0.25, -0.2) is 4.79 Å². The maximum absolute atomic E-state index is 12.4. The van der Waals surface area contributed by atoms with E-state index in [2.05, 4.69) is 10.6 Å². The quantitative estimate of drug-likeness (QED) is 0.401. The first-order valence-electron chi connectivity index (χ1n) is 9.30. The van der Waals surface area contributed by atoms with Crippen LogP contribution in [-0.4, -0.2) is 59.0 Å². The number of aliphatic carboxylic acids is 1. The first kappa shape index (κ1) is 17.2. The number of nitrogens with two attached hydrogens (primary N) is 1. The number of rotatable bonds is 3. The Morgan fingerprint density at radius 2 is 1.96 bits per heavy atom. The van der Waals surface area contributed by atoms with Crippen molar-refractivity contribution in [1.82, 2.24) is 15.5 Å². The normalized spacial score (nSPS) is 33.6. The summed E-state index contributed by atoms with van der Waals surface area (Å²) >= 11 is 0. The topological polar surface area (TPSA) is 125 Å². The highest BCUT2D eigenvalue weighted by molar-refractivity contribution is 6.02. The summed E-state index contributed by atoms with van der Waals surface area (Å²) in [6, 6.07) is -0.918. The summed E-state index contributed by atoms with van der Waals surface area (Å²) < 4.78 is 0. The first-order valence-corrected chi connectivity index (χ1v) is 9.30. The lowest BCUT2D eigenvalue weighted by molar-refractivity contribution is -0.152. The van der Waals surface area contributed by atoms with Gasteiger partial charge in [0, 0.05) is 18.2 Å². The molecule has 4 aliphatic rings. The molecule has 5 N–H and O–H groups in total. The molecule has 3 fully saturated rings. The van der Waals surface area contributed by atoms with Gasteiger partial charge in [0.05, 0.1) is 6.04 Å². The zero-order valence-corrected chi connectivity index (χ0v) is 14.6. The second-order valence-corrected chi connectivity index (χ2v) is 7.37. The summed E-state index contributed by atoms with van der Waals surface area (Å²) in [5.74, 6) is -1.60. The van der Waals surface area contributed by atoms with Gasteiger partial charge in [-0.2, -0.15) is 0 Å². The number of β-lactam (4-membered cyclic amide) rings is 1. The van der Waals surface area contributed by atoms with E-state index in [-0.39, 0.29) is 29.6 Å². The highest BCUT2D eigenvalue weighted by Crippen LogP contribution is 2.41. The lowest BCUT2D eigenvalue weighted by Crippen LogP contribution is -2.69. The fourth-order valence-corrected chi connectivity index (χ4v) is 4.68. The Morgan fingerprint density at radius 3 is 2.58 bits per heavy atom.